The fourth-order valence-corrected chi connectivity index (χ4v) is 2.47. The molecule has 0 amide bonds. The third-order valence-electron chi connectivity index (χ3n) is 2.61. The van der Waals surface area contributed by atoms with E-state index in [1.807, 2.05) is 33.6 Å². The molecule has 0 aromatic heterocycles. The van der Waals surface area contributed by atoms with Gasteiger partial charge in [0.05, 0.1) is 10.8 Å². The Kier molecular flexibility index (Phi) is 5.67. The number of benzene rings is 1. The highest BCUT2D eigenvalue weighted by Crippen LogP contribution is 2.19. The normalized spacial score (nSPS) is 12.4. The molecular formula is C12H15IN2O4. The summed E-state index contributed by atoms with van der Waals surface area (Å²) in [5, 5.41) is 19.6. The van der Waals surface area contributed by atoms with E-state index in [-0.39, 0.29) is 5.69 Å². The zero-order chi connectivity index (χ0) is 14.6. The summed E-state index contributed by atoms with van der Waals surface area (Å²) in [7, 11) is 1.80. The quantitative estimate of drug-likeness (QED) is 0.467. The van der Waals surface area contributed by atoms with Crippen molar-refractivity contribution in [2.75, 3.05) is 13.6 Å². The molecule has 0 aliphatic heterocycles. The van der Waals surface area contributed by atoms with Crippen molar-refractivity contribution in [2.24, 2.45) is 5.92 Å². The van der Waals surface area contributed by atoms with Crippen LogP contribution in [0.4, 0.5) is 5.69 Å². The van der Waals surface area contributed by atoms with Crippen molar-refractivity contribution in [1.29, 1.82) is 0 Å². The van der Waals surface area contributed by atoms with Crippen LogP contribution < -0.4 is 0 Å². The van der Waals surface area contributed by atoms with E-state index in [1.165, 1.54) is 12.1 Å². The fourth-order valence-electron chi connectivity index (χ4n) is 1.75. The number of carbonyl (C=O) groups is 1. The monoisotopic (exact) mass is 378 g/mol. The van der Waals surface area contributed by atoms with Crippen molar-refractivity contribution in [2.45, 2.75) is 13.5 Å². The second-order valence-electron chi connectivity index (χ2n) is 4.51. The summed E-state index contributed by atoms with van der Waals surface area (Å²) < 4.78 is 0.793. The zero-order valence-electron chi connectivity index (χ0n) is 10.7. The Morgan fingerprint density at radius 1 is 1.53 bits per heavy atom. The largest absolute Gasteiger partial charge is 0.481 e. The minimum Gasteiger partial charge on any atom is -0.481 e. The summed E-state index contributed by atoms with van der Waals surface area (Å²) >= 11 is 2.03. The van der Waals surface area contributed by atoms with Crippen LogP contribution in [0.5, 0.6) is 0 Å². The van der Waals surface area contributed by atoms with Crippen LogP contribution in [-0.4, -0.2) is 34.5 Å². The molecule has 0 spiro atoms. The van der Waals surface area contributed by atoms with E-state index in [0.29, 0.717) is 13.1 Å². The third-order valence-corrected chi connectivity index (χ3v) is 3.24. The lowest BCUT2D eigenvalue weighted by Gasteiger charge is -2.19. The van der Waals surface area contributed by atoms with Crippen molar-refractivity contribution in [3.8, 4) is 0 Å². The van der Waals surface area contributed by atoms with Gasteiger partial charge in [-0.2, -0.15) is 0 Å². The van der Waals surface area contributed by atoms with Gasteiger partial charge in [0.25, 0.3) is 5.69 Å². The van der Waals surface area contributed by atoms with Crippen molar-refractivity contribution < 1.29 is 14.8 Å². The molecule has 1 rings (SSSR count). The Morgan fingerprint density at radius 3 is 2.68 bits per heavy atom. The Balaban J connectivity index is 2.76. The molecule has 0 saturated carbocycles. The number of non-ortho nitro benzene ring substituents is 1. The van der Waals surface area contributed by atoms with Crippen LogP contribution in [0.15, 0.2) is 18.2 Å². The molecule has 1 atom stereocenters. The van der Waals surface area contributed by atoms with Gasteiger partial charge in [0.15, 0.2) is 0 Å². The summed E-state index contributed by atoms with van der Waals surface area (Å²) in [5.74, 6) is -1.32. The van der Waals surface area contributed by atoms with Crippen molar-refractivity contribution >= 4 is 34.2 Å². The molecule has 1 aromatic rings. The molecule has 0 fully saturated rings. The van der Waals surface area contributed by atoms with Gasteiger partial charge in [0.1, 0.15) is 0 Å². The lowest BCUT2D eigenvalue weighted by molar-refractivity contribution is -0.385. The van der Waals surface area contributed by atoms with Gasteiger partial charge in [-0.05, 0) is 41.3 Å². The third kappa shape index (κ3) is 5.11. The number of hydrogen-bond acceptors (Lipinski definition) is 4. The van der Waals surface area contributed by atoms with Gasteiger partial charge in [-0.1, -0.05) is 6.92 Å². The van der Waals surface area contributed by atoms with Gasteiger partial charge in [-0.25, -0.2) is 0 Å². The van der Waals surface area contributed by atoms with Gasteiger partial charge in [0.2, 0.25) is 0 Å². The summed E-state index contributed by atoms with van der Waals surface area (Å²) in [4.78, 5) is 23.0. The van der Waals surface area contributed by atoms with E-state index < -0.39 is 16.8 Å². The molecule has 6 nitrogen and oxygen atoms in total. The number of carboxylic acid groups (broad SMARTS) is 1. The number of aliphatic carboxylic acids is 1. The first-order chi connectivity index (χ1) is 8.79. The highest BCUT2D eigenvalue weighted by Gasteiger charge is 2.15. The number of nitro groups is 1. The first-order valence-corrected chi connectivity index (χ1v) is 6.72. The molecule has 1 unspecified atom stereocenters. The van der Waals surface area contributed by atoms with E-state index in [0.717, 1.165) is 9.13 Å². The van der Waals surface area contributed by atoms with E-state index in [1.54, 1.807) is 14.0 Å². The van der Waals surface area contributed by atoms with Gasteiger partial charge < -0.3 is 10.0 Å². The standard InChI is InChI=1S/C12H15IN2O4/c1-8(12(16)17)6-14(2)7-9-3-10(13)5-11(4-9)15(18)19/h3-5,8H,6-7H2,1-2H3,(H,16,17). The Labute approximate surface area is 124 Å². The minimum atomic E-state index is -0.847. The smallest absolute Gasteiger partial charge is 0.307 e. The molecule has 0 bridgehead atoms. The molecule has 1 aromatic carbocycles. The van der Waals surface area contributed by atoms with Gasteiger partial charge in [-0.3, -0.25) is 14.9 Å². The summed E-state index contributed by atoms with van der Waals surface area (Å²) in [5.41, 5.74) is 0.861. The summed E-state index contributed by atoms with van der Waals surface area (Å²) in [6.45, 7) is 2.51. The summed E-state index contributed by atoms with van der Waals surface area (Å²) in [6, 6.07) is 4.88. The number of nitro benzene ring substituents is 1. The van der Waals surface area contributed by atoms with E-state index in [4.69, 9.17) is 5.11 Å². The van der Waals surface area contributed by atoms with E-state index in [9.17, 15) is 14.9 Å². The lowest BCUT2D eigenvalue weighted by Crippen LogP contribution is -2.28. The molecule has 19 heavy (non-hydrogen) atoms. The molecular weight excluding hydrogens is 363 g/mol. The summed E-state index contributed by atoms with van der Waals surface area (Å²) in [6.07, 6.45) is 0. The van der Waals surface area contributed by atoms with Crippen LogP contribution in [-0.2, 0) is 11.3 Å². The molecule has 104 valence electrons. The number of carboxylic acids is 1. The Morgan fingerprint density at radius 2 is 2.16 bits per heavy atom. The number of hydrogen-bond donors (Lipinski definition) is 1. The highest BCUT2D eigenvalue weighted by atomic mass is 127. The van der Waals surface area contributed by atoms with Gasteiger partial charge in [-0.15, -0.1) is 0 Å². The Hall–Kier alpha value is -1.22. The zero-order valence-corrected chi connectivity index (χ0v) is 12.8. The topological polar surface area (TPSA) is 83.7 Å². The fraction of sp³-hybridized carbons (Fsp3) is 0.417. The average molecular weight is 378 g/mol. The average Bonchev–Trinajstić information content (AvgIpc) is 2.27. The van der Waals surface area contributed by atoms with Crippen molar-refractivity contribution in [1.82, 2.24) is 4.90 Å². The maximum absolute atomic E-state index is 10.8. The van der Waals surface area contributed by atoms with Crippen LogP contribution in [0.25, 0.3) is 0 Å². The molecule has 0 heterocycles. The molecule has 0 aliphatic carbocycles. The SMILES string of the molecule is CC(CN(C)Cc1cc(I)cc([N+](=O)[O-])c1)C(=O)O. The molecule has 7 heteroatoms. The molecule has 0 radical (unpaired) electrons. The van der Waals surface area contributed by atoms with E-state index >= 15 is 0 Å². The van der Waals surface area contributed by atoms with Crippen LogP contribution >= 0.6 is 22.6 Å². The van der Waals surface area contributed by atoms with Gasteiger partial charge in [0, 0.05) is 28.8 Å². The number of halogens is 1. The van der Waals surface area contributed by atoms with Crippen LogP contribution in [0.1, 0.15) is 12.5 Å². The predicted molar refractivity (Wildman–Crippen MR) is 78.9 cm³/mol. The van der Waals surface area contributed by atoms with Crippen molar-refractivity contribution in [3.05, 3.63) is 37.4 Å². The second-order valence-corrected chi connectivity index (χ2v) is 5.76. The Bertz CT molecular complexity index is 493. The predicted octanol–water partition coefficient (Wildman–Crippen LogP) is 2.35. The minimum absolute atomic E-state index is 0.0570. The van der Waals surface area contributed by atoms with Crippen LogP contribution in [0.2, 0.25) is 0 Å². The molecule has 0 aliphatic rings. The van der Waals surface area contributed by atoms with Crippen LogP contribution in [0.3, 0.4) is 0 Å². The first kappa shape index (κ1) is 15.8. The van der Waals surface area contributed by atoms with Crippen LogP contribution in [0, 0.1) is 19.6 Å². The molecule has 0 saturated heterocycles. The number of nitrogens with zero attached hydrogens (tertiary/aromatic N) is 2. The van der Waals surface area contributed by atoms with E-state index in [2.05, 4.69) is 0 Å². The maximum Gasteiger partial charge on any atom is 0.307 e. The lowest BCUT2D eigenvalue weighted by atomic mass is 10.1. The highest BCUT2D eigenvalue weighted by molar-refractivity contribution is 14.1. The number of rotatable bonds is 6. The van der Waals surface area contributed by atoms with Crippen molar-refractivity contribution in [3.63, 3.8) is 0 Å². The van der Waals surface area contributed by atoms with Gasteiger partial charge >= 0.3 is 5.97 Å². The first-order valence-electron chi connectivity index (χ1n) is 5.65. The maximum atomic E-state index is 10.8. The molecule has 1 N–H and O–H groups in total. The second kappa shape index (κ2) is 6.80.